The maximum absolute atomic E-state index is 14.3. The molecule has 0 aliphatic rings. The summed E-state index contributed by atoms with van der Waals surface area (Å²) in [7, 11) is 1.76. The third kappa shape index (κ3) is 2.87. The van der Waals surface area contributed by atoms with Crippen LogP contribution in [0.2, 0.25) is 5.02 Å². The van der Waals surface area contributed by atoms with Gasteiger partial charge in [-0.3, -0.25) is 4.68 Å². The molecule has 2 aromatic carbocycles. The minimum absolute atomic E-state index is 0.286. The van der Waals surface area contributed by atoms with Crippen molar-refractivity contribution in [2.24, 2.45) is 7.05 Å². The Bertz CT molecular complexity index is 899. The van der Waals surface area contributed by atoms with Crippen molar-refractivity contribution in [3.8, 4) is 11.1 Å². The van der Waals surface area contributed by atoms with Gasteiger partial charge in [0, 0.05) is 18.7 Å². The molecule has 0 saturated carbocycles. The van der Waals surface area contributed by atoms with Gasteiger partial charge in [0.25, 0.3) is 0 Å². The molecule has 0 radical (unpaired) electrons. The first-order valence-electron chi connectivity index (χ1n) is 7.39. The van der Waals surface area contributed by atoms with E-state index in [1.165, 1.54) is 12.1 Å². The number of hydrogen-bond acceptors (Lipinski definition) is 2. The van der Waals surface area contributed by atoms with E-state index in [0.29, 0.717) is 22.1 Å². The highest BCUT2D eigenvalue weighted by Crippen LogP contribution is 2.37. The van der Waals surface area contributed by atoms with Gasteiger partial charge in [-0.15, -0.1) is 0 Å². The van der Waals surface area contributed by atoms with Crippen molar-refractivity contribution in [3.63, 3.8) is 0 Å². The Morgan fingerprint density at radius 1 is 1.12 bits per heavy atom. The Labute approximate surface area is 143 Å². The van der Waals surface area contributed by atoms with Crippen LogP contribution in [0.25, 0.3) is 11.1 Å². The summed E-state index contributed by atoms with van der Waals surface area (Å²) >= 11 is 6.27. The number of benzene rings is 2. The number of rotatable bonds is 3. The standard InChI is InChI=1S/C18H16ClF2N3/c1-10-5-4-6-14(19)17(10)22-18-16(11(2)23-24(18)3)13-8-7-12(20)9-15(13)21/h4-9,22H,1-3H3. The quantitative estimate of drug-likeness (QED) is 0.689. The summed E-state index contributed by atoms with van der Waals surface area (Å²) in [6, 6.07) is 9.08. The highest BCUT2D eigenvalue weighted by Gasteiger charge is 2.20. The summed E-state index contributed by atoms with van der Waals surface area (Å²) in [4.78, 5) is 0. The zero-order valence-corrected chi connectivity index (χ0v) is 14.2. The molecule has 3 rings (SSSR count). The van der Waals surface area contributed by atoms with Gasteiger partial charge in [0.1, 0.15) is 17.5 Å². The smallest absolute Gasteiger partial charge is 0.136 e. The lowest BCUT2D eigenvalue weighted by atomic mass is 10.0. The average molecular weight is 348 g/mol. The van der Waals surface area contributed by atoms with Crippen LogP contribution in [0, 0.1) is 25.5 Å². The molecule has 0 aliphatic carbocycles. The van der Waals surface area contributed by atoms with E-state index < -0.39 is 11.6 Å². The number of nitrogens with one attached hydrogen (secondary N) is 1. The van der Waals surface area contributed by atoms with Crippen LogP contribution in [-0.4, -0.2) is 9.78 Å². The third-order valence-corrected chi connectivity index (χ3v) is 4.20. The molecular weight excluding hydrogens is 332 g/mol. The van der Waals surface area contributed by atoms with E-state index in [4.69, 9.17) is 11.6 Å². The molecule has 124 valence electrons. The van der Waals surface area contributed by atoms with Crippen molar-refractivity contribution >= 4 is 23.1 Å². The predicted octanol–water partition coefficient (Wildman–Crippen LogP) is 5.38. The maximum Gasteiger partial charge on any atom is 0.136 e. The molecule has 24 heavy (non-hydrogen) atoms. The Hall–Kier alpha value is -2.40. The highest BCUT2D eigenvalue weighted by atomic mass is 35.5. The molecule has 3 nitrogen and oxygen atoms in total. The highest BCUT2D eigenvalue weighted by molar-refractivity contribution is 6.33. The zero-order valence-electron chi connectivity index (χ0n) is 13.5. The summed E-state index contributed by atoms with van der Waals surface area (Å²) in [5, 5.41) is 8.16. The van der Waals surface area contributed by atoms with Gasteiger partial charge in [0.05, 0.1) is 22.0 Å². The molecule has 1 aromatic heterocycles. The summed E-state index contributed by atoms with van der Waals surface area (Å²) < 4.78 is 29.1. The number of aromatic nitrogens is 2. The largest absolute Gasteiger partial charge is 0.338 e. The lowest BCUT2D eigenvalue weighted by Crippen LogP contribution is -2.02. The van der Waals surface area contributed by atoms with Gasteiger partial charge in [0.15, 0.2) is 0 Å². The number of hydrogen-bond donors (Lipinski definition) is 1. The van der Waals surface area contributed by atoms with Gasteiger partial charge in [-0.05, 0) is 37.6 Å². The normalized spacial score (nSPS) is 10.9. The first-order chi connectivity index (χ1) is 11.4. The molecule has 0 atom stereocenters. The number of para-hydroxylation sites is 1. The molecule has 0 fully saturated rings. The van der Waals surface area contributed by atoms with E-state index in [9.17, 15) is 8.78 Å². The molecule has 0 amide bonds. The molecule has 0 bridgehead atoms. The molecule has 6 heteroatoms. The van der Waals surface area contributed by atoms with Crippen molar-refractivity contribution in [2.45, 2.75) is 13.8 Å². The van der Waals surface area contributed by atoms with Crippen LogP contribution in [0.5, 0.6) is 0 Å². The molecule has 0 unspecified atom stereocenters. The second-order valence-corrected chi connectivity index (χ2v) is 6.02. The van der Waals surface area contributed by atoms with Crippen LogP contribution >= 0.6 is 11.6 Å². The van der Waals surface area contributed by atoms with Gasteiger partial charge < -0.3 is 5.32 Å². The van der Waals surface area contributed by atoms with E-state index in [0.717, 1.165) is 17.3 Å². The number of nitrogens with zero attached hydrogens (tertiary/aromatic N) is 2. The summed E-state index contributed by atoms with van der Waals surface area (Å²) in [5.41, 5.74) is 3.18. The van der Waals surface area contributed by atoms with Crippen molar-refractivity contribution < 1.29 is 8.78 Å². The van der Waals surface area contributed by atoms with Crippen LogP contribution in [0.4, 0.5) is 20.3 Å². The Balaban J connectivity index is 2.16. The summed E-state index contributed by atoms with van der Waals surface area (Å²) in [6.07, 6.45) is 0. The predicted molar refractivity (Wildman–Crippen MR) is 92.8 cm³/mol. The fourth-order valence-corrected chi connectivity index (χ4v) is 2.99. The second-order valence-electron chi connectivity index (χ2n) is 5.61. The van der Waals surface area contributed by atoms with Crippen LogP contribution in [0.1, 0.15) is 11.3 Å². The molecule has 0 aliphatic heterocycles. The Morgan fingerprint density at radius 2 is 1.88 bits per heavy atom. The Kier molecular flexibility index (Phi) is 4.28. The molecule has 0 spiro atoms. The SMILES string of the molecule is Cc1cccc(Cl)c1Nc1c(-c2ccc(F)cc2F)c(C)nn1C. The molecule has 3 aromatic rings. The van der Waals surface area contributed by atoms with Crippen LogP contribution in [0.3, 0.4) is 0 Å². The monoisotopic (exact) mass is 347 g/mol. The Morgan fingerprint density at radius 3 is 2.54 bits per heavy atom. The topological polar surface area (TPSA) is 29.9 Å². The third-order valence-electron chi connectivity index (χ3n) is 3.89. The van der Waals surface area contributed by atoms with Crippen LogP contribution in [-0.2, 0) is 7.05 Å². The number of aryl methyl sites for hydroxylation is 3. The van der Waals surface area contributed by atoms with E-state index in [1.807, 2.05) is 19.1 Å². The number of anilines is 2. The molecule has 1 N–H and O–H groups in total. The van der Waals surface area contributed by atoms with Gasteiger partial charge in [-0.1, -0.05) is 23.7 Å². The summed E-state index contributed by atoms with van der Waals surface area (Å²) in [5.74, 6) is -0.659. The minimum Gasteiger partial charge on any atom is -0.338 e. The van der Waals surface area contributed by atoms with Gasteiger partial charge in [-0.2, -0.15) is 5.10 Å². The molecular formula is C18H16ClF2N3. The van der Waals surface area contributed by atoms with Gasteiger partial charge >= 0.3 is 0 Å². The second kappa shape index (κ2) is 6.24. The number of halogens is 3. The lowest BCUT2D eigenvalue weighted by molar-refractivity contribution is 0.585. The molecule has 0 saturated heterocycles. The van der Waals surface area contributed by atoms with Crippen molar-refractivity contribution in [3.05, 3.63) is 64.3 Å². The van der Waals surface area contributed by atoms with Gasteiger partial charge in [0.2, 0.25) is 0 Å². The van der Waals surface area contributed by atoms with Crippen LogP contribution < -0.4 is 5.32 Å². The van der Waals surface area contributed by atoms with E-state index in [1.54, 1.807) is 24.7 Å². The van der Waals surface area contributed by atoms with Crippen molar-refractivity contribution in [1.82, 2.24) is 9.78 Å². The fourth-order valence-electron chi connectivity index (χ4n) is 2.72. The van der Waals surface area contributed by atoms with Crippen molar-refractivity contribution in [2.75, 3.05) is 5.32 Å². The summed E-state index contributed by atoms with van der Waals surface area (Å²) in [6.45, 7) is 3.71. The average Bonchev–Trinajstić information content (AvgIpc) is 2.77. The van der Waals surface area contributed by atoms with Gasteiger partial charge in [-0.25, -0.2) is 8.78 Å². The van der Waals surface area contributed by atoms with E-state index in [2.05, 4.69) is 10.4 Å². The van der Waals surface area contributed by atoms with E-state index >= 15 is 0 Å². The minimum atomic E-state index is -0.634. The van der Waals surface area contributed by atoms with Crippen molar-refractivity contribution in [1.29, 1.82) is 0 Å². The van der Waals surface area contributed by atoms with Crippen LogP contribution in [0.15, 0.2) is 36.4 Å². The first kappa shape index (κ1) is 16.5. The zero-order chi connectivity index (χ0) is 17.4. The fraction of sp³-hybridized carbons (Fsp3) is 0.167. The lowest BCUT2D eigenvalue weighted by Gasteiger charge is -2.14. The molecule has 1 heterocycles. The van der Waals surface area contributed by atoms with E-state index in [-0.39, 0.29) is 5.56 Å². The first-order valence-corrected chi connectivity index (χ1v) is 7.77. The maximum atomic E-state index is 14.3.